The molecule has 13 rings (SSSR count). The fourth-order valence-electron chi connectivity index (χ4n) is 8.16. The molecular formula is C92H90N3O2Zr2-5. The second-order valence-corrected chi connectivity index (χ2v) is 21.6. The van der Waals surface area contributed by atoms with Crippen LogP contribution in [0.2, 0.25) is 0 Å². The average Bonchev–Trinajstić information content (AvgIpc) is 1.92. The molecule has 0 saturated heterocycles. The number of ether oxygens (including phenoxy) is 2. The number of para-hydroxylation sites is 6. The predicted octanol–water partition coefficient (Wildman–Crippen LogP) is 25.7. The van der Waals surface area contributed by atoms with Crippen LogP contribution in [0.15, 0.2) is 387 Å². The van der Waals surface area contributed by atoms with Crippen LogP contribution in [0.4, 0.5) is 11.4 Å². The number of benzene rings is 13. The summed E-state index contributed by atoms with van der Waals surface area (Å²) in [6.07, 6.45) is 1.80. The third kappa shape index (κ3) is 40.8. The van der Waals surface area contributed by atoms with E-state index in [-0.39, 0.29) is 58.6 Å². The molecule has 0 fully saturated rings. The topological polar surface area (TPSA) is 59.0 Å². The van der Waals surface area contributed by atoms with Crippen molar-refractivity contribution in [1.82, 2.24) is 0 Å². The molecular weight excluding hydrogens is 1360 g/mol. The first-order chi connectivity index (χ1) is 47.4. The van der Waals surface area contributed by atoms with Gasteiger partial charge in [0.1, 0.15) is 22.9 Å². The van der Waals surface area contributed by atoms with Gasteiger partial charge in [-0.1, -0.05) is 188 Å². The van der Waals surface area contributed by atoms with Gasteiger partial charge in [-0.15, -0.1) is 91.5 Å². The van der Waals surface area contributed by atoms with Gasteiger partial charge >= 0.3 is 26.2 Å². The number of nitrogens with zero attached hydrogens (tertiary/aromatic N) is 3. The van der Waals surface area contributed by atoms with Gasteiger partial charge in [-0.2, -0.15) is 172 Å². The number of hydrogen-bond donors (Lipinski definition) is 0. The Hall–Kier alpha value is -10.3. The molecule has 1 atom stereocenters. The van der Waals surface area contributed by atoms with Crippen molar-refractivity contribution in [3.63, 3.8) is 0 Å². The van der Waals surface area contributed by atoms with Crippen LogP contribution in [-0.4, -0.2) is 11.9 Å². The first kappa shape index (κ1) is 83.0. The summed E-state index contributed by atoms with van der Waals surface area (Å²) >= 11 is 0. The maximum atomic E-state index is 5.97. The summed E-state index contributed by atoms with van der Waals surface area (Å²) in [7, 11) is 0. The third-order valence-electron chi connectivity index (χ3n) is 13.2. The molecule has 0 aliphatic carbocycles. The van der Waals surface area contributed by atoms with Crippen LogP contribution in [-0.2, 0) is 65.4 Å². The molecule has 0 aromatic heterocycles. The van der Waals surface area contributed by atoms with Gasteiger partial charge in [-0.3, -0.25) is 4.99 Å². The van der Waals surface area contributed by atoms with E-state index in [4.69, 9.17) is 14.5 Å². The van der Waals surface area contributed by atoms with Crippen LogP contribution in [0.5, 0.6) is 23.0 Å². The van der Waals surface area contributed by atoms with Gasteiger partial charge in [0.2, 0.25) is 0 Å². The number of rotatable bonds is 13. The van der Waals surface area contributed by atoms with Crippen molar-refractivity contribution in [2.45, 2.75) is 39.4 Å². The maximum Gasteiger partial charge on any atom is 4.00 e. The van der Waals surface area contributed by atoms with Crippen molar-refractivity contribution in [2.24, 2.45) is 4.99 Å². The summed E-state index contributed by atoms with van der Waals surface area (Å²) in [6, 6.07) is 125. The Morgan fingerprint density at radius 2 is 0.576 bits per heavy atom. The Labute approximate surface area is 632 Å². The first-order valence-corrected chi connectivity index (χ1v) is 32.1. The summed E-state index contributed by atoms with van der Waals surface area (Å²) in [6.45, 7) is 30.8. The summed E-state index contributed by atoms with van der Waals surface area (Å²) in [5, 5.41) is 9.29. The molecule has 0 aliphatic rings. The zero-order valence-electron chi connectivity index (χ0n) is 57.2. The molecule has 0 N–H and O–H groups in total. The zero-order chi connectivity index (χ0) is 69.0. The summed E-state index contributed by atoms with van der Waals surface area (Å²) in [5.74, 6) is 3.14. The fraction of sp³-hybridized carbons (Fsp3) is 0.0652. The van der Waals surface area contributed by atoms with E-state index in [9.17, 15) is 0 Å². The summed E-state index contributed by atoms with van der Waals surface area (Å²) in [4.78, 5) is 4.76. The van der Waals surface area contributed by atoms with Gasteiger partial charge in [-0.25, -0.2) is 6.17 Å². The standard InChI is InChI=1S/C22H21NO.C21H20N2O.7C7H7.2Zr/c1-18(16-17-19-10-4-2-5-11-19)23-21-14-8-9-15-22(21)24-20-12-6-3-7-13-20;1-17(22-16-18-10-4-2-5-11-18)23-20-14-8-9-15-21(20)24-19-12-6-3-7-13-19;7*1-7-5-3-2-4-6-7;;/h2-15H,16-17H2,1H3;2-15,17H,16H2,1H3;7*2-6H,1H2;;/q;-2;7*-1;;+4. The van der Waals surface area contributed by atoms with Gasteiger partial charge in [0.25, 0.3) is 0 Å². The van der Waals surface area contributed by atoms with Crippen LogP contribution in [0.25, 0.3) is 10.6 Å². The van der Waals surface area contributed by atoms with Crippen molar-refractivity contribution in [2.75, 3.05) is 0 Å². The number of hydrogen-bond acceptors (Lipinski definition) is 3. The average molecular weight is 1450 g/mol. The van der Waals surface area contributed by atoms with Crippen molar-refractivity contribution in [3.8, 4) is 23.0 Å². The Morgan fingerprint density at radius 1 is 0.323 bits per heavy atom. The molecule has 0 bridgehead atoms. The third-order valence-corrected chi connectivity index (χ3v) is 13.2. The van der Waals surface area contributed by atoms with Gasteiger partial charge in [0.15, 0.2) is 5.75 Å². The van der Waals surface area contributed by atoms with Crippen molar-refractivity contribution >= 4 is 17.1 Å². The molecule has 0 heterocycles. The largest absolute Gasteiger partial charge is 4.00 e. The first-order valence-electron chi connectivity index (χ1n) is 32.1. The molecule has 1 unspecified atom stereocenters. The molecule has 0 saturated carbocycles. The molecule has 0 amide bonds. The van der Waals surface area contributed by atoms with E-state index in [2.05, 4.69) is 102 Å². The van der Waals surface area contributed by atoms with Gasteiger partial charge < -0.3 is 20.1 Å². The SMILES string of the molecule is CC(CCc1ccccc1)=Nc1ccccc1Oc1ccccc1.CC([N-]Cc1ccccc1)[N-]c1ccccc1Oc1ccccc1.[CH2-]c1ccccc1.[CH2-]c1ccccc1.[CH2-]c1ccccc1.[CH2-]c1ccccc1.[CH2-]c1ccccc1.[CH2-]c1ccccc1.[CH2-]c1ccccc1.[Zr+4].[Zr]. The van der Waals surface area contributed by atoms with Crippen LogP contribution in [0, 0.1) is 48.5 Å². The summed E-state index contributed by atoms with van der Waals surface area (Å²) < 4.78 is 11.9. The van der Waals surface area contributed by atoms with Crippen molar-refractivity contribution in [3.05, 3.63) is 491 Å². The molecule has 5 nitrogen and oxygen atoms in total. The second kappa shape index (κ2) is 52.9. The Morgan fingerprint density at radius 3 is 0.889 bits per heavy atom. The van der Waals surface area contributed by atoms with E-state index in [1.165, 1.54) is 11.1 Å². The van der Waals surface area contributed by atoms with E-state index >= 15 is 0 Å². The van der Waals surface area contributed by atoms with E-state index < -0.39 is 0 Å². The molecule has 99 heavy (non-hydrogen) atoms. The Bertz CT molecular complexity index is 3640. The monoisotopic (exact) mass is 1450 g/mol. The van der Waals surface area contributed by atoms with Gasteiger partial charge in [0.05, 0.1) is 0 Å². The van der Waals surface area contributed by atoms with Gasteiger partial charge in [0, 0.05) is 31.9 Å². The minimum absolute atomic E-state index is 0. The minimum Gasteiger partial charge on any atom is -0.696 e. The molecule has 7 heteroatoms. The minimum atomic E-state index is -0.134. The molecule has 13 aromatic rings. The van der Waals surface area contributed by atoms with Crippen LogP contribution < -0.4 is 9.47 Å². The van der Waals surface area contributed by atoms with Crippen LogP contribution in [0.3, 0.4) is 0 Å². The molecule has 498 valence electrons. The van der Waals surface area contributed by atoms with Crippen molar-refractivity contribution in [1.29, 1.82) is 0 Å². The van der Waals surface area contributed by atoms with E-state index in [0.29, 0.717) is 6.54 Å². The smallest absolute Gasteiger partial charge is 0.696 e. The Balaban J connectivity index is 0.000000310. The number of aliphatic imine (C=N–C) groups is 1. The summed E-state index contributed by atoms with van der Waals surface area (Å²) in [5.41, 5.74) is 12.8. The molecule has 13 aromatic carbocycles. The van der Waals surface area contributed by atoms with E-state index in [1.807, 2.05) is 353 Å². The quantitative estimate of drug-likeness (QED) is 0.0853. The van der Waals surface area contributed by atoms with Crippen LogP contribution in [0.1, 0.15) is 70.3 Å². The van der Waals surface area contributed by atoms with E-state index in [1.54, 1.807) is 0 Å². The maximum absolute atomic E-state index is 5.97. The number of aryl methyl sites for hydroxylation is 1. The zero-order valence-corrected chi connectivity index (χ0v) is 62.1. The second-order valence-electron chi connectivity index (χ2n) is 21.6. The normalized spacial score (nSPS) is 9.82. The molecule has 0 aliphatic heterocycles. The Kier molecular flexibility index (Phi) is 44.3. The molecule has 0 radical (unpaired) electrons. The van der Waals surface area contributed by atoms with Crippen LogP contribution >= 0.6 is 0 Å². The molecule has 0 spiro atoms. The van der Waals surface area contributed by atoms with Crippen molar-refractivity contribution < 1.29 is 61.9 Å². The van der Waals surface area contributed by atoms with Gasteiger partial charge in [-0.05, 0) is 67.8 Å². The van der Waals surface area contributed by atoms with E-state index in [0.717, 1.165) is 91.9 Å². The fourth-order valence-corrected chi connectivity index (χ4v) is 8.16. The predicted molar refractivity (Wildman–Crippen MR) is 416 cm³/mol.